The lowest BCUT2D eigenvalue weighted by Gasteiger charge is -2.69. The number of piperidine rings is 1. The summed E-state index contributed by atoms with van der Waals surface area (Å²) in [4.78, 5) is 29.3. The van der Waals surface area contributed by atoms with Crippen molar-refractivity contribution in [2.75, 3.05) is 13.2 Å². The topological polar surface area (TPSA) is 96.3 Å². The summed E-state index contributed by atoms with van der Waals surface area (Å²) in [6.45, 7) is 34.2. The molecule has 0 spiro atoms. The highest BCUT2D eigenvalue weighted by molar-refractivity contribution is 5.70. The fourth-order valence-corrected chi connectivity index (χ4v) is 9.96. The van der Waals surface area contributed by atoms with E-state index in [1.807, 2.05) is 42.5 Å². The van der Waals surface area contributed by atoms with Crippen molar-refractivity contribution >= 4 is 11.9 Å². The second kappa shape index (κ2) is 15.1. The highest BCUT2D eigenvalue weighted by Crippen LogP contribution is 2.61. The molecule has 0 radical (unpaired) electrons. The minimum Gasteiger partial charge on any atom is -0.507 e. The van der Waals surface area contributed by atoms with Crippen LogP contribution in [-0.4, -0.2) is 57.1 Å². The van der Waals surface area contributed by atoms with Gasteiger partial charge < -0.3 is 19.7 Å². The molecule has 2 unspecified atom stereocenters. The van der Waals surface area contributed by atoms with E-state index in [9.17, 15) is 19.8 Å². The average molecular weight is 722 g/mol. The van der Waals surface area contributed by atoms with Crippen molar-refractivity contribution in [2.24, 2.45) is 22.7 Å². The first-order valence-electron chi connectivity index (χ1n) is 19.2. The van der Waals surface area contributed by atoms with Crippen molar-refractivity contribution in [2.45, 2.75) is 164 Å². The quantitative estimate of drug-likeness (QED) is 0.186. The number of benzene rings is 2. The Kier molecular flexibility index (Phi) is 12.6. The molecule has 2 aromatic carbocycles. The summed E-state index contributed by atoms with van der Waals surface area (Å²) < 4.78 is 12.3. The Labute approximate surface area is 315 Å². The van der Waals surface area contributed by atoms with Crippen LogP contribution < -0.4 is 0 Å². The van der Waals surface area contributed by atoms with E-state index in [-0.39, 0.29) is 36.2 Å². The Bertz CT molecular complexity index is 1480. The van der Waals surface area contributed by atoms with Gasteiger partial charge >= 0.3 is 11.9 Å². The van der Waals surface area contributed by atoms with Gasteiger partial charge in [0.25, 0.3) is 0 Å². The van der Waals surface area contributed by atoms with E-state index in [2.05, 4.69) is 116 Å². The number of aromatic hydroxyl groups is 1. The first-order valence-corrected chi connectivity index (χ1v) is 19.2. The number of aryl methyl sites for hydroxylation is 2. The number of carbonyl (C=O) groups is 2. The summed E-state index contributed by atoms with van der Waals surface area (Å²) in [5.74, 6) is -3.10. The third-order valence-electron chi connectivity index (χ3n) is 11.1. The maximum Gasteiger partial charge on any atom is 0.308 e. The minimum atomic E-state index is -1.77. The van der Waals surface area contributed by atoms with Crippen LogP contribution in [0.25, 0.3) is 0 Å². The zero-order chi connectivity index (χ0) is 39.9. The van der Waals surface area contributed by atoms with Crippen molar-refractivity contribution in [3.8, 4) is 5.75 Å². The summed E-state index contributed by atoms with van der Waals surface area (Å²) in [6, 6.07) is 13.9. The third-order valence-corrected chi connectivity index (χ3v) is 11.1. The van der Waals surface area contributed by atoms with E-state index in [1.54, 1.807) is 0 Å². The highest BCUT2D eigenvalue weighted by atomic mass is 16.7. The van der Waals surface area contributed by atoms with Crippen LogP contribution in [0.2, 0.25) is 0 Å². The molecule has 1 aliphatic rings. The molecule has 2 atom stereocenters. The van der Waals surface area contributed by atoms with Gasteiger partial charge in [0.05, 0.1) is 0 Å². The van der Waals surface area contributed by atoms with Crippen molar-refractivity contribution in [3.63, 3.8) is 0 Å². The zero-order valence-corrected chi connectivity index (χ0v) is 35.4. The minimum absolute atomic E-state index is 0.166. The third kappa shape index (κ3) is 9.60. The van der Waals surface area contributed by atoms with E-state index in [4.69, 9.17) is 9.47 Å². The number of carbonyl (C=O) groups excluding carboxylic acids is 2. The molecule has 0 amide bonds. The molecule has 0 aliphatic carbocycles. The lowest BCUT2D eigenvalue weighted by molar-refractivity contribution is -0.356. The van der Waals surface area contributed by atoms with E-state index >= 15 is 0 Å². The first-order chi connectivity index (χ1) is 23.4. The molecule has 1 heterocycles. The molecule has 7 nitrogen and oxygen atoms in total. The number of nitrogens with zero attached hydrogens (tertiary/aromatic N) is 1. The van der Waals surface area contributed by atoms with Gasteiger partial charge in [0.1, 0.15) is 12.4 Å². The number of hydrogen-bond donors (Lipinski definition) is 2. The largest absolute Gasteiger partial charge is 0.507 e. The molecule has 7 heteroatoms. The number of likely N-dealkylation sites (tertiary alicyclic amines) is 1. The van der Waals surface area contributed by atoms with Gasteiger partial charge in [-0.3, -0.25) is 14.5 Å². The van der Waals surface area contributed by atoms with E-state index < -0.39 is 45.5 Å². The lowest BCUT2D eigenvalue weighted by atomic mass is 9.51. The van der Waals surface area contributed by atoms with Gasteiger partial charge in [-0.05, 0) is 84.5 Å². The van der Waals surface area contributed by atoms with E-state index in [0.717, 1.165) is 22.3 Å². The van der Waals surface area contributed by atoms with Gasteiger partial charge in [0.2, 0.25) is 5.79 Å². The predicted molar refractivity (Wildman–Crippen MR) is 211 cm³/mol. The molecule has 1 aliphatic heterocycles. The van der Waals surface area contributed by atoms with Crippen molar-refractivity contribution in [3.05, 3.63) is 64.7 Å². The van der Waals surface area contributed by atoms with Crippen LogP contribution in [0.15, 0.2) is 42.5 Å². The summed E-state index contributed by atoms with van der Waals surface area (Å²) in [6.07, 6.45) is 1.42. The van der Waals surface area contributed by atoms with Gasteiger partial charge in [0.15, 0.2) is 0 Å². The number of hydrogen-bond acceptors (Lipinski definition) is 7. The Balaban J connectivity index is 1.86. The number of esters is 2. The molecule has 3 rings (SSSR count). The molecule has 2 N–H and O–H groups in total. The fourth-order valence-electron chi connectivity index (χ4n) is 9.96. The summed E-state index contributed by atoms with van der Waals surface area (Å²) >= 11 is 0. The maximum atomic E-state index is 13.6. The molecule has 2 aromatic rings. The van der Waals surface area contributed by atoms with Crippen LogP contribution in [0.5, 0.6) is 5.75 Å². The summed E-state index contributed by atoms with van der Waals surface area (Å²) in [5.41, 5.74) is 1.04. The number of ether oxygens (including phenoxy) is 2. The van der Waals surface area contributed by atoms with Gasteiger partial charge in [-0.1, -0.05) is 126 Å². The van der Waals surface area contributed by atoms with Crippen LogP contribution in [0.1, 0.15) is 146 Å². The van der Waals surface area contributed by atoms with Crippen LogP contribution in [0.4, 0.5) is 0 Å². The van der Waals surface area contributed by atoms with Crippen LogP contribution >= 0.6 is 0 Å². The summed E-state index contributed by atoms with van der Waals surface area (Å²) in [7, 11) is 0. The number of phenolic OH excluding ortho intramolecular Hbond substituents is 1. The second-order valence-corrected chi connectivity index (χ2v) is 20.5. The molecule has 0 bridgehead atoms. The molecule has 0 saturated carbocycles. The molecular weight excluding hydrogens is 650 g/mol. The molecule has 1 fully saturated rings. The standard InChI is InChI=1S/C45H71NO6/c1-39(2,3)32-28-31(29-33(36(32)49)40(4,5)6)23-24-34(47)51-27-26-46-43(13,14)37(41(7,8)9)45(50,38(42(10,11)12)44(46,15)16)52-35(48)25-22-30-20-18-17-19-21-30/h17-21,28-29,37-38,49-50H,22-27H2,1-16H3. The predicted octanol–water partition coefficient (Wildman–Crippen LogP) is 9.53. The highest BCUT2D eigenvalue weighted by Gasteiger charge is 2.70. The Morgan fingerprint density at radius 1 is 0.692 bits per heavy atom. The molecule has 0 aromatic heterocycles. The van der Waals surface area contributed by atoms with Crippen LogP contribution in [0, 0.1) is 22.7 Å². The normalized spacial score (nSPS) is 22.6. The van der Waals surface area contributed by atoms with Crippen molar-refractivity contribution < 1.29 is 29.3 Å². The van der Waals surface area contributed by atoms with Gasteiger partial charge in [-0.2, -0.15) is 0 Å². The Morgan fingerprint density at radius 3 is 1.54 bits per heavy atom. The maximum absolute atomic E-state index is 13.6. The Morgan fingerprint density at radius 2 is 1.12 bits per heavy atom. The molecule has 1 saturated heterocycles. The molecular formula is C45H71NO6. The van der Waals surface area contributed by atoms with E-state index in [0.29, 0.717) is 25.1 Å². The molecule has 292 valence electrons. The summed E-state index contributed by atoms with van der Waals surface area (Å²) in [5, 5.41) is 24.1. The van der Waals surface area contributed by atoms with Crippen LogP contribution in [-0.2, 0) is 42.7 Å². The monoisotopic (exact) mass is 722 g/mol. The van der Waals surface area contributed by atoms with E-state index in [1.165, 1.54) is 0 Å². The number of aliphatic hydroxyl groups is 1. The lowest BCUT2D eigenvalue weighted by Crippen LogP contribution is -2.80. The smallest absolute Gasteiger partial charge is 0.308 e. The number of phenols is 1. The van der Waals surface area contributed by atoms with Crippen molar-refractivity contribution in [1.29, 1.82) is 0 Å². The van der Waals surface area contributed by atoms with Gasteiger partial charge in [-0.25, -0.2) is 0 Å². The Hall–Kier alpha value is -2.90. The zero-order valence-electron chi connectivity index (χ0n) is 35.4. The van der Waals surface area contributed by atoms with Gasteiger partial charge in [0, 0.05) is 42.3 Å². The van der Waals surface area contributed by atoms with Gasteiger partial charge in [-0.15, -0.1) is 0 Å². The van der Waals surface area contributed by atoms with Crippen molar-refractivity contribution in [1.82, 2.24) is 4.90 Å². The number of rotatable bonds is 10. The fraction of sp³-hybridized carbons (Fsp3) is 0.689. The first kappa shape index (κ1) is 43.5. The van der Waals surface area contributed by atoms with Crippen LogP contribution in [0.3, 0.4) is 0 Å². The second-order valence-electron chi connectivity index (χ2n) is 20.5. The SMILES string of the molecule is CC(C)(C)c1cc(CCC(=O)OCCN2C(C)(C)C(C(C)(C)C)C(O)(OC(=O)CCc3ccccc3)C(C(C)(C)C)C2(C)C)cc(C(C)(C)C)c1O. The molecule has 52 heavy (non-hydrogen) atoms. The average Bonchev–Trinajstić information content (AvgIpc) is 2.94.